The number of aromatic carboxylic acids is 1. The molecule has 0 saturated carbocycles. The lowest BCUT2D eigenvalue weighted by Gasteiger charge is -2.08. The molecule has 7 heteroatoms. The van der Waals surface area contributed by atoms with Crippen LogP contribution in [0.5, 0.6) is 0 Å². The summed E-state index contributed by atoms with van der Waals surface area (Å²) in [4.78, 5) is 19.3. The molecular weight excluding hydrogens is 257 g/mol. The van der Waals surface area contributed by atoms with E-state index in [0.717, 1.165) is 17.8 Å². The molecule has 0 saturated heterocycles. The van der Waals surface area contributed by atoms with Crippen molar-refractivity contribution in [3.8, 4) is 0 Å². The zero-order valence-electron chi connectivity index (χ0n) is 9.00. The van der Waals surface area contributed by atoms with Crippen LogP contribution in [0.1, 0.15) is 10.4 Å². The second-order valence-corrected chi connectivity index (χ2v) is 4.28. The standard InChI is InChI=1S/C11H8FN3O2S/c12-6-2-3-7(8(9(6)13)10(16)17)18-11-14-4-1-5-15-11/h1-5H,13H2,(H,16,17). The largest absolute Gasteiger partial charge is 0.478 e. The Morgan fingerprint density at radius 1 is 1.33 bits per heavy atom. The van der Waals surface area contributed by atoms with Gasteiger partial charge in [0.05, 0.1) is 11.3 Å². The Morgan fingerprint density at radius 3 is 2.61 bits per heavy atom. The van der Waals surface area contributed by atoms with Gasteiger partial charge in [0.25, 0.3) is 0 Å². The van der Waals surface area contributed by atoms with E-state index in [1.807, 2.05) is 0 Å². The Hall–Kier alpha value is -2.15. The van der Waals surface area contributed by atoms with Gasteiger partial charge >= 0.3 is 5.97 Å². The molecule has 0 atom stereocenters. The molecule has 0 aliphatic rings. The Balaban J connectivity index is 2.45. The van der Waals surface area contributed by atoms with Crippen LogP contribution in [0.4, 0.5) is 10.1 Å². The van der Waals surface area contributed by atoms with E-state index in [9.17, 15) is 9.18 Å². The van der Waals surface area contributed by atoms with E-state index < -0.39 is 11.8 Å². The van der Waals surface area contributed by atoms with Gasteiger partial charge in [-0.2, -0.15) is 0 Å². The summed E-state index contributed by atoms with van der Waals surface area (Å²) >= 11 is 1.02. The molecular formula is C11H8FN3O2S. The SMILES string of the molecule is Nc1c(F)ccc(Sc2ncccn2)c1C(=O)O. The predicted molar refractivity (Wildman–Crippen MR) is 63.9 cm³/mol. The van der Waals surface area contributed by atoms with Gasteiger partial charge in [0.2, 0.25) is 0 Å². The van der Waals surface area contributed by atoms with Gasteiger partial charge in [-0.1, -0.05) is 0 Å². The van der Waals surface area contributed by atoms with Gasteiger partial charge in [0.1, 0.15) is 5.82 Å². The van der Waals surface area contributed by atoms with Crippen LogP contribution in [0.2, 0.25) is 0 Å². The van der Waals surface area contributed by atoms with Crippen molar-refractivity contribution in [1.29, 1.82) is 0 Å². The molecule has 0 aliphatic carbocycles. The number of anilines is 1. The number of carbonyl (C=O) groups is 1. The molecule has 5 nitrogen and oxygen atoms in total. The minimum absolute atomic E-state index is 0.271. The first-order valence-electron chi connectivity index (χ1n) is 4.85. The summed E-state index contributed by atoms with van der Waals surface area (Å²) in [6.45, 7) is 0. The number of hydrogen-bond donors (Lipinski definition) is 2. The van der Waals surface area contributed by atoms with Crippen molar-refractivity contribution in [2.75, 3.05) is 5.73 Å². The first-order chi connectivity index (χ1) is 8.59. The minimum atomic E-state index is -1.29. The number of aromatic nitrogens is 2. The number of halogens is 1. The van der Waals surface area contributed by atoms with E-state index in [1.165, 1.54) is 18.5 Å². The molecule has 0 unspecified atom stereocenters. The maximum atomic E-state index is 13.2. The number of carboxylic acids is 1. The summed E-state index contributed by atoms with van der Waals surface area (Å²) in [5.74, 6) is -2.05. The molecule has 3 N–H and O–H groups in total. The summed E-state index contributed by atoms with van der Waals surface area (Å²) in [5.41, 5.74) is 4.77. The van der Waals surface area contributed by atoms with Crippen LogP contribution in [0.25, 0.3) is 0 Å². The monoisotopic (exact) mass is 265 g/mol. The van der Waals surface area contributed by atoms with Crippen molar-refractivity contribution in [2.24, 2.45) is 0 Å². The van der Waals surface area contributed by atoms with Crippen molar-refractivity contribution >= 4 is 23.4 Å². The molecule has 1 aromatic carbocycles. The van der Waals surface area contributed by atoms with Gasteiger partial charge in [0, 0.05) is 17.3 Å². The van der Waals surface area contributed by atoms with Gasteiger partial charge in [-0.25, -0.2) is 19.2 Å². The Bertz CT molecular complexity index is 592. The maximum absolute atomic E-state index is 13.2. The first kappa shape index (κ1) is 12.3. The topological polar surface area (TPSA) is 89.1 Å². The summed E-state index contributed by atoms with van der Waals surface area (Å²) in [7, 11) is 0. The second-order valence-electron chi connectivity index (χ2n) is 3.27. The second kappa shape index (κ2) is 5.01. The third-order valence-corrected chi connectivity index (χ3v) is 3.06. The molecule has 92 valence electrons. The maximum Gasteiger partial charge on any atom is 0.339 e. The quantitative estimate of drug-likeness (QED) is 0.652. The fraction of sp³-hybridized carbons (Fsp3) is 0. The van der Waals surface area contributed by atoms with E-state index >= 15 is 0 Å². The molecule has 0 amide bonds. The molecule has 1 aromatic heterocycles. The van der Waals surface area contributed by atoms with E-state index in [0.29, 0.717) is 10.1 Å². The van der Waals surface area contributed by atoms with Crippen molar-refractivity contribution in [3.63, 3.8) is 0 Å². The van der Waals surface area contributed by atoms with E-state index in [2.05, 4.69) is 9.97 Å². The number of benzene rings is 1. The van der Waals surface area contributed by atoms with Gasteiger partial charge in [-0.15, -0.1) is 0 Å². The van der Waals surface area contributed by atoms with Crippen LogP contribution >= 0.6 is 11.8 Å². The average Bonchev–Trinajstić information content (AvgIpc) is 2.35. The van der Waals surface area contributed by atoms with Crippen LogP contribution < -0.4 is 5.73 Å². The Morgan fingerprint density at radius 2 is 2.00 bits per heavy atom. The van der Waals surface area contributed by atoms with E-state index in [1.54, 1.807) is 6.07 Å². The highest BCUT2D eigenvalue weighted by Gasteiger charge is 2.18. The van der Waals surface area contributed by atoms with Crippen molar-refractivity contribution in [3.05, 3.63) is 42.0 Å². The molecule has 1 heterocycles. The van der Waals surface area contributed by atoms with Crippen LogP contribution in [0.3, 0.4) is 0 Å². The van der Waals surface area contributed by atoms with Crippen molar-refractivity contribution < 1.29 is 14.3 Å². The fourth-order valence-electron chi connectivity index (χ4n) is 1.32. The molecule has 0 fully saturated rings. The first-order valence-corrected chi connectivity index (χ1v) is 5.67. The third kappa shape index (κ3) is 2.40. The van der Waals surface area contributed by atoms with E-state index in [-0.39, 0.29) is 11.3 Å². The average molecular weight is 265 g/mol. The summed E-state index contributed by atoms with van der Waals surface area (Å²) in [6.07, 6.45) is 3.06. The highest BCUT2D eigenvalue weighted by atomic mass is 32.2. The molecule has 2 rings (SSSR count). The van der Waals surface area contributed by atoms with Gasteiger partial charge in [-0.05, 0) is 30.0 Å². The summed E-state index contributed by atoms with van der Waals surface area (Å²) in [6, 6.07) is 4.10. The van der Waals surface area contributed by atoms with Gasteiger partial charge in [0.15, 0.2) is 5.16 Å². The number of nitrogens with zero attached hydrogens (tertiary/aromatic N) is 2. The minimum Gasteiger partial charge on any atom is -0.478 e. The number of hydrogen-bond acceptors (Lipinski definition) is 5. The lowest BCUT2D eigenvalue weighted by atomic mass is 10.2. The Labute approximate surface area is 106 Å². The van der Waals surface area contributed by atoms with Gasteiger partial charge < -0.3 is 10.8 Å². The van der Waals surface area contributed by atoms with Gasteiger partial charge in [-0.3, -0.25) is 0 Å². The highest BCUT2D eigenvalue weighted by Crippen LogP contribution is 2.32. The molecule has 18 heavy (non-hydrogen) atoms. The molecule has 0 aliphatic heterocycles. The molecule has 0 bridgehead atoms. The summed E-state index contributed by atoms with van der Waals surface area (Å²) in [5, 5.41) is 9.41. The Kier molecular flexibility index (Phi) is 3.42. The number of carboxylic acid groups (broad SMARTS) is 1. The summed E-state index contributed by atoms with van der Waals surface area (Å²) < 4.78 is 13.2. The molecule has 2 aromatic rings. The van der Waals surface area contributed by atoms with E-state index in [4.69, 9.17) is 10.8 Å². The normalized spacial score (nSPS) is 10.3. The zero-order chi connectivity index (χ0) is 13.1. The predicted octanol–water partition coefficient (Wildman–Crippen LogP) is 2.05. The third-order valence-electron chi connectivity index (χ3n) is 2.11. The lowest BCUT2D eigenvalue weighted by Crippen LogP contribution is -2.06. The number of nitrogen functional groups attached to an aromatic ring is 1. The van der Waals surface area contributed by atoms with Crippen LogP contribution in [0.15, 0.2) is 40.6 Å². The highest BCUT2D eigenvalue weighted by molar-refractivity contribution is 7.99. The zero-order valence-corrected chi connectivity index (χ0v) is 9.82. The number of nitrogens with two attached hydrogens (primary N) is 1. The smallest absolute Gasteiger partial charge is 0.339 e. The lowest BCUT2D eigenvalue weighted by molar-refractivity contribution is 0.0694. The fourth-order valence-corrected chi connectivity index (χ4v) is 2.18. The number of rotatable bonds is 3. The van der Waals surface area contributed by atoms with Crippen molar-refractivity contribution in [2.45, 2.75) is 10.1 Å². The van der Waals surface area contributed by atoms with Crippen LogP contribution in [-0.4, -0.2) is 21.0 Å². The molecule has 0 radical (unpaired) electrons. The molecule has 0 spiro atoms. The van der Waals surface area contributed by atoms with Crippen molar-refractivity contribution in [1.82, 2.24) is 9.97 Å². The van der Waals surface area contributed by atoms with Crippen LogP contribution in [-0.2, 0) is 0 Å². The van der Waals surface area contributed by atoms with Crippen LogP contribution in [0, 0.1) is 5.82 Å².